The van der Waals surface area contributed by atoms with Gasteiger partial charge in [-0.1, -0.05) is 13.8 Å². The van der Waals surface area contributed by atoms with E-state index in [0.717, 1.165) is 0 Å². The lowest BCUT2D eigenvalue weighted by Crippen LogP contribution is -2.32. The topological polar surface area (TPSA) is 67.5 Å². The molecule has 1 unspecified atom stereocenters. The number of carbonyl (C=O) groups is 1. The van der Waals surface area contributed by atoms with E-state index in [9.17, 15) is 4.79 Å². The van der Waals surface area contributed by atoms with Gasteiger partial charge in [0.25, 0.3) is 5.91 Å². The van der Waals surface area contributed by atoms with Crippen LogP contribution in [0.2, 0.25) is 0 Å². The van der Waals surface area contributed by atoms with Crippen LogP contribution in [-0.2, 0) is 4.79 Å². The van der Waals surface area contributed by atoms with E-state index in [1.54, 1.807) is 6.92 Å². The highest BCUT2D eigenvalue weighted by molar-refractivity contribution is 6.04. The predicted molar refractivity (Wildman–Crippen MR) is 40.6 cm³/mol. The first-order chi connectivity index (χ1) is 4.70. The van der Waals surface area contributed by atoms with Crippen molar-refractivity contribution in [1.82, 2.24) is 5.32 Å². The number of carbonyl (C=O) groups excluding carboxylic acids is 1. The highest BCUT2D eigenvalue weighted by Crippen LogP contribution is 1.90. The molecule has 1 aliphatic heterocycles. The van der Waals surface area contributed by atoms with Crippen molar-refractivity contribution in [2.24, 2.45) is 10.7 Å². The summed E-state index contributed by atoms with van der Waals surface area (Å²) in [5.74, 6) is 0.380. The number of hydrogen-bond acceptors (Lipinski definition) is 3. The van der Waals surface area contributed by atoms with Crippen LogP contribution in [-0.4, -0.2) is 17.9 Å². The van der Waals surface area contributed by atoms with E-state index in [2.05, 4.69) is 10.3 Å². The highest BCUT2D eigenvalue weighted by Gasteiger charge is 2.18. The Morgan fingerprint density at radius 3 is 2.20 bits per heavy atom. The lowest BCUT2D eigenvalue weighted by atomic mass is 10.5. The molecule has 10 heavy (non-hydrogen) atoms. The third-order valence-electron chi connectivity index (χ3n) is 0.905. The number of nitrogens with zero attached hydrogens (tertiary/aromatic N) is 1. The molecule has 0 spiro atoms. The summed E-state index contributed by atoms with van der Waals surface area (Å²) in [4.78, 5) is 14.1. The van der Waals surface area contributed by atoms with E-state index in [1.165, 1.54) is 0 Å². The fourth-order valence-electron chi connectivity index (χ4n) is 0.552. The Morgan fingerprint density at radius 1 is 1.60 bits per heavy atom. The molecule has 0 aromatic heterocycles. The van der Waals surface area contributed by atoms with E-state index in [-0.39, 0.29) is 5.91 Å². The molecule has 1 rings (SSSR count). The molecule has 0 bridgehead atoms. The molecule has 0 aliphatic carbocycles. The van der Waals surface area contributed by atoms with Crippen molar-refractivity contribution in [1.29, 1.82) is 0 Å². The summed E-state index contributed by atoms with van der Waals surface area (Å²) in [7, 11) is 0. The van der Waals surface area contributed by atoms with E-state index in [0.29, 0.717) is 5.84 Å². The minimum Gasteiger partial charge on any atom is -0.312 e. The first-order valence-electron chi connectivity index (χ1n) is 3.31. The molecule has 1 amide bonds. The standard InChI is InChI=1S/C4H7N3O.C2H6/c1-2-6-3(5)4(8)7-2;1-2/h3H,5H2,1H3,(H,6,7,8);1-2H3. The average molecular weight is 143 g/mol. The van der Waals surface area contributed by atoms with Crippen LogP contribution in [0, 0.1) is 0 Å². The van der Waals surface area contributed by atoms with Gasteiger partial charge < -0.3 is 11.1 Å². The fraction of sp³-hybridized carbons (Fsp3) is 0.667. The van der Waals surface area contributed by atoms with Gasteiger partial charge in [-0.25, -0.2) is 4.99 Å². The zero-order valence-electron chi connectivity index (χ0n) is 6.51. The normalized spacial score (nSPS) is 22.6. The molecule has 0 saturated carbocycles. The van der Waals surface area contributed by atoms with Gasteiger partial charge in [0, 0.05) is 0 Å². The molecule has 4 nitrogen and oxygen atoms in total. The third kappa shape index (κ3) is 2.14. The minimum absolute atomic E-state index is 0.220. The molecule has 1 atom stereocenters. The smallest absolute Gasteiger partial charge is 0.264 e. The maximum atomic E-state index is 10.4. The number of hydrogen-bond donors (Lipinski definition) is 2. The average Bonchev–Trinajstić information content (AvgIpc) is 2.16. The van der Waals surface area contributed by atoms with Crippen LogP contribution in [0.3, 0.4) is 0 Å². The number of nitrogens with two attached hydrogens (primary N) is 1. The van der Waals surface area contributed by atoms with E-state index in [1.807, 2.05) is 13.8 Å². The summed E-state index contributed by atoms with van der Waals surface area (Å²) >= 11 is 0. The Balaban J connectivity index is 0.000000371. The summed E-state index contributed by atoms with van der Waals surface area (Å²) < 4.78 is 0. The molecule has 0 aromatic rings. The summed E-state index contributed by atoms with van der Waals surface area (Å²) in [6.45, 7) is 5.70. The largest absolute Gasteiger partial charge is 0.312 e. The SMILES string of the molecule is CC.CC1=NC(N)C(=O)N1. The Labute approximate surface area is 60.5 Å². The molecular formula is C6H13N3O. The Kier molecular flexibility index (Phi) is 3.64. The second-order valence-electron chi connectivity index (χ2n) is 1.65. The lowest BCUT2D eigenvalue weighted by molar-refractivity contribution is -0.119. The van der Waals surface area contributed by atoms with Crippen LogP contribution in [0.1, 0.15) is 20.8 Å². The summed E-state index contributed by atoms with van der Waals surface area (Å²) in [5.41, 5.74) is 5.17. The molecule has 0 fully saturated rings. The van der Waals surface area contributed by atoms with E-state index < -0.39 is 6.17 Å². The minimum atomic E-state index is -0.671. The van der Waals surface area contributed by atoms with Crippen LogP contribution >= 0.6 is 0 Å². The van der Waals surface area contributed by atoms with Gasteiger partial charge in [-0.3, -0.25) is 4.79 Å². The zero-order valence-corrected chi connectivity index (χ0v) is 6.51. The van der Waals surface area contributed by atoms with Gasteiger partial charge in [-0.05, 0) is 6.92 Å². The molecule has 1 heterocycles. The second-order valence-corrected chi connectivity index (χ2v) is 1.65. The third-order valence-corrected chi connectivity index (χ3v) is 0.905. The quantitative estimate of drug-likeness (QED) is 0.495. The van der Waals surface area contributed by atoms with Gasteiger partial charge in [-0.2, -0.15) is 0 Å². The molecule has 4 heteroatoms. The van der Waals surface area contributed by atoms with Gasteiger partial charge >= 0.3 is 0 Å². The number of aliphatic imine (C=N–C) groups is 1. The van der Waals surface area contributed by atoms with Crippen molar-refractivity contribution in [3.63, 3.8) is 0 Å². The predicted octanol–water partition coefficient (Wildman–Crippen LogP) is -0.154. The Morgan fingerprint density at radius 2 is 2.10 bits per heavy atom. The maximum Gasteiger partial charge on any atom is 0.264 e. The van der Waals surface area contributed by atoms with Crippen molar-refractivity contribution in [2.45, 2.75) is 26.9 Å². The maximum absolute atomic E-state index is 10.4. The zero-order chi connectivity index (χ0) is 8.15. The van der Waals surface area contributed by atoms with Gasteiger partial charge in [0.05, 0.1) is 0 Å². The number of amidine groups is 1. The fourth-order valence-corrected chi connectivity index (χ4v) is 0.552. The van der Waals surface area contributed by atoms with Crippen LogP contribution in [0.15, 0.2) is 4.99 Å². The van der Waals surface area contributed by atoms with Crippen molar-refractivity contribution in [3.8, 4) is 0 Å². The molecule has 0 aromatic carbocycles. The first kappa shape index (κ1) is 9.10. The molecule has 0 saturated heterocycles. The van der Waals surface area contributed by atoms with Crippen LogP contribution in [0.5, 0.6) is 0 Å². The second kappa shape index (κ2) is 4.00. The van der Waals surface area contributed by atoms with E-state index >= 15 is 0 Å². The van der Waals surface area contributed by atoms with Crippen molar-refractivity contribution >= 4 is 11.7 Å². The number of rotatable bonds is 0. The van der Waals surface area contributed by atoms with Crippen LogP contribution < -0.4 is 11.1 Å². The molecule has 0 radical (unpaired) electrons. The van der Waals surface area contributed by atoms with Gasteiger partial charge in [0.1, 0.15) is 5.84 Å². The summed E-state index contributed by atoms with van der Waals surface area (Å²) in [6.07, 6.45) is -0.671. The Hall–Kier alpha value is -0.900. The number of amides is 1. The van der Waals surface area contributed by atoms with Crippen molar-refractivity contribution < 1.29 is 4.79 Å². The van der Waals surface area contributed by atoms with Crippen LogP contribution in [0.4, 0.5) is 0 Å². The molecule has 3 N–H and O–H groups in total. The van der Waals surface area contributed by atoms with Gasteiger partial charge in [0.2, 0.25) is 0 Å². The number of nitrogens with one attached hydrogen (secondary N) is 1. The lowest BCUT2D eigenvalue weighted by Gasteiger charge is -1.90. The van der Waals surface area contributed by atoms with Crippen molar-refractivity contribution in [2.75, 3.05) is 0 Å². The molecular weight excluding hydrogens is 130 g/mol. The Bertz CT molecular complexity index is 153. The molecule has 1 aliphatic rings. The summed E-state index contributed by atoms with van der Waals surface area (Å²) in [6, 6.07) is 0. The first-order valence-corrected chi connectivity index (χ1v) is 3.31. The molecule has 58 valence electrons. The monoisotopic (exact) mass is 143 g/mol. The highest BCUT2D eigenvalue weighted by atomic mass is 16.2. The van der Waals surface area contributed by atoms with E-state index in [4.69, 9.17) is 5.73 Å². The summed E-state index contributed by atoms with van der Waals surface area (Å²) in [5, 5.41) is 2.45. The van der Waals surface area contributed by atoms with Crippen LogP contribution in [0.25, 0.3) is 0 Å². The van der Waals surface area contributed by atoms with Gasteiger partial charge in [0.15, 0.2) is 6.17 Å². The van der Waals surface area contributed by atoms with Gasteiger partial charge in [-0.15, -0.1) is 0 Å². The van der Waals surface area contributed by atoms with Crippen molar-refractivity contribution in [3.05, 3.63) is 0 Å².